The summed E-state index contributed by atoms with van der Waals surface area (Å²) in [5.74, 6) is 0.218. The fraction of sp³-hybridized carbons (Fsp3) is 0.250. The van der Waals surface area contributed by atoms with Crippen LogP contribution in [0.1, 0.15) is 30.0 Å². The van der Waals surface area contributed by atoms with Gasteiger partial charge in [-0.3, -0.25) is 0 Å². The SMILES string of the molecule is COC(=O)c1c(Br)c(C)nn1-c1nc(-c2cc3ccccc3o2)c(SC(C)C)s1. The molecule has 0 spiro atoms. The number of carbonyl (C=O) groups excluding carboxylic acids is 1. The number of fused-ring (bicyclic) bond motifs is 1. The third-order valence-electron chi connectivity index (χ3n) is 4.13. The molecule has 0 saturated heterocycles. The third kappa shape index (κ3) is 3.74. The molecule has 0 unspecified atom stereocenters. The molecule has 0 aliphatic heterocycles. The van der Waals surface area contributed by atoms with Gasteiger partial charge in [-0.15, -0.1) is 11.8 Å². The molecule has 0 radical (unpaired) electrons. The van der Waals surface area contributed by atoms with E-state index in [-0.39, 0.29) is 0 Å². The van der Waals surface area contributed by atoms with Crippen molar-refractivity contribution in [3.8, 4) is 16.6 Å². The Bertz CT molecular complexity index is 1180. The maximum atomic E-state index is 12.3. The van der Waals surface area contributed by atoms with E-state index < -0.39 is 5.97 Å². The Morgan fingerprint density at radius 1 is 1.34 bits per heavy atom. The molecule has 29 heavy (non-hydrogen) atoms. The Morgan fingerprint density at radius 2 is 2.10 bits per heavy atom. The second-order valence-corrected chi connectivity index (χ2v) is 10.2. The molecule has 0 amide bonds. The van der Waals surface area contributed by atoms with Gasteiger partial charge >= 0.3 is 5.97 Å². The topological polar surface area (TPSA) is 70.2 Å². The number of thiazole rings is 1. The van der Waals surface area contributed by atoms with E-state index in [2.05, 4.69) is 34.9 Å². The highest BCUT2D eigenvalue weighted by Gasteiger charge is 2.26. The molecule has 150 valence electrons. The number of carbonyl (C=O) groups is 1. The first-order valence-corrected chi connectivity index (χ1v) is 11.4. The fourth-order valence-electron chi connectivity index (χ4n) is 2.85. The molecular formula is C20H18BrN3O3S2. The van der Waals surface area contributed by atoms with Gasteiger partial charge in [-0.05, 0) is 35.0 Å². The first-order chi connectivity index (χ1) is 13.9. The molecule has 3 heterocycles. The largest absolute Gasteiger partial charge is 0.464 e. The minimum absolute atomic E-state index is 0.316. The summed E-state index contributed by atoms with van der Waals surface area (Å²) >= 11 is 6.62. The summed E-state index contributed by atoms with van der Waals surface area (Å²) in [5.41, 5.74) is 2.56. The number of rotatable bonds is 5. The van der Waals surface area contributed by atoms with E-state index in [9.17, 15) is 4.79 Å². The van der Waals surface area contributed by atoms with Crippen LogP contribution in [-0.2, 0) is 4.74 Å². The van der Waals surface area contributed by atoms with E-state index in [1.54, 1.807) is 11.8 Å². The fourth-order valence-corrected chi connectivity index (χ4v) is 5.71. The molecule has 4 aromatic rings. The maximum Gasteiger partial charge on any atom is 0.358 e. The van der Waals surface area contributed by atoms with Crippen LogP contribution in [0.3, 0.4) is 0 Å². The van der Waals surface area contributed by atoms with Gasteiger partial charge in [0.05, 0.1) is 21.5 Å². The Labute approximate surface area is 184 Å². The Balaban J connectivity index is 1.89. The summed E-state index contributed by atoms with van der Waals surface area (Å²) in [4.78, 5) is 17.1. The van der Waals surface area contributed by atoms with Gasteiger partial charge in [0.2, 0.25) is 5.13 Å². The van der Waals surface area contributed by atoms with Crippen molar-refractivity contribution in [1.29, 1.82) is 0 Å². The molecule has 0 saturated carbocycles. The van der Waals surface area contributed by atoms with Gasteiger partial charge in [-0.1, -0.05) is 43.4 Å². The molecule has 0 bridgehead atoms. The van der Waals surface area contributed by atoms with Gasteiger partial charge in [-0.25, -0.2) is 9.78 Å². The zero-order valence-electron chi connectivity index (χ0n) is 16.2. The van der Waals surface area contributed by atoms with Crippen LogP contribution < -0.4 is 0 Å². The molecule has 0 N–H and O–H groups in total. The van der Waals surface area contributed by atoms with E-state index >= 15 is 0 Å². The lowest BCUT2D eigenvalue weighted by molar-refractivity contribution is 0.0589. The lowest BCUT2D eigenvalue weighted by atomic mass is 10.2. The number of nitrogens with zero attached hydrogens (tertiary/aromatic N) is 3. The van der Waals surface area contributed by atoms with Gasteiger partial charge in [0.15, 0.2) is 11.5 Å². The number of benzene rings is 1. The molecule has 0 fully saturated rings. The maximum absolute atomic E-state index is 12.3. The average Bonchev–Trinajstić information content (AvgIpc) is 3.36. The minimum atomic E-state index is -0.476. The molecule has 3 aromatic heterocycles. The van der Waals surface area contributed by atoms with Crippen molar-refractivity contribution in [1.82, 2.24) is 14.8 Å². The van der Waals surface area contributed by atoms with E-state index in [1.165, 1.54) is 23.1 Å². The number of ether oxygens (including phenoxy) is 1. The number of hydrogen-bond donors (Lipinski definition) is 0. The Kier molecular flexibility index (Phi) is 5.54. The summed E-state index contributed by atoms with van der Waals surface area (Å²) in [6.45, 7) is 6.08. The number of methoxy groups -OCH3 is 1. The van der Waals surface area contributed by atoms with Crippen LogP contribution in [0.2, 0.25) is 0 Å². The number of para-hydroxylation sites is 1. The zero-order chi connectivity index (χ0) is 20.7. The number of aromatic nitrogens is 3. The first-order valence-electron chi connectivity index (χ1n) is 8.89. The van der Waals surface area contributed by atoms with E-state index in [0.29, 0.717) is 32.0 Å². The lowest BCUT2D eigenvalue weighted by Gasteiger charge is -2.02. The van der Waals surface area contributed by atoms with Crippen LogP contribution >= 0.6 is 39.0 Å². The van der Waals surface area contributed by atoms with E-state index in [0.717, 1.165) is 20.9 Å². The quantitative estimate of drug-likeness (QED) is 0.248. The summed E-state index contributed by atoms with van der Waals surface area (Å²) in [6.07, 6.45) is 0. The van der Waals surface area contributed by atoms with Gasteiger partial charge in [0.25, 0.3) is 0 Å². The molecule has 1 aromatic carbocycles. The molecule has 4 rings (SSSR count). The third-order valence-corrected chi connectivity index (χ3v) is 7.33. The minimum Gasteiger partial charge on any atom is -0.464 e. The lowest BCUT2D eigenvalue weighted by Crippen LogP contribution is -2.10. The molecule has 0 aliphatic rings. The molecule has 6 nitrogen and oxygen atoms in total. The average molecular weight is 492 g/mol. The molecule has 0 atom stereocenters. The smallest absolute Gasteiger partial charge is 0.358 e. The monoisotopic (exact) mass is 491 g/mol. The van der Waals surface area contributed by atoms with Gasteiger partial charge in [0, 0.05) is 10.6 Å². The number of thioether (sulfide) groups is 1. The summed E-state index contributed by atoms with van der Waals surface area (Å²) in [5, 5.41) is 6.46. The number of aryl methyl sites for hydroxylation is 1. The highest BCUT2D eigenvalue weighted by atomic mass is 79.9. The van der Waals surface area contributed by atoms with E-state index in [1.807, 2.05) is 37.3 Å². The van der Waals surface area contributed by atoms with Crippen molar-refractivity contribution >= 4 is 56.0 Å². The Hall–Kier alpha value is -2.10. The molecular weight excluding hydrogens is 474 g/mol. The highest BCUT2D eigenvalue weighted by Crippen LogP contribution is 2.41. The van der Waals surface area contributed by atoms with Crippen molar-refractivity contribution in [2.75, 3.05) is 7.11 Å². The standard InChI is InChI=1S/C20H18BrN3O3S2/c1-10(2)28-19-16(14-9-12-7-5-6-8-13(12)27-14)22-20(29-19)24-17(18(25)26-4)15(21)11(3)23-24/h5-10H,1-4H3. The van der Waals surface area contributed by atoms with Crippen molar-refractivity contribution < 1.29 is 13.9 Å². The predicted octanol–water partition coefficient (Wildman–Crippen LogP) is 6.10. The second-order valence-electron chi connectivity index (χ2n) is 6.60. The van der Waals surface area contributed by atoms with Crippen LogP contribution in [-0.4, -0.2) is 33.1 Å². The van der Waals surface area contributed by atoms with E-state index in [4.69, 9.17) is 14.1 Å². The van der Waals surface area contributed by atoms with Gasteiger partial charge < -0.3 is 9.15 Å². The number of furan rings is 1. The number of halogens is 1. The highest BCUT2D eigenvalue weighted by molar-refractivity contribution is 9.10. The van der Waals surface area contributed by atoms with Crippen molar-refractivity contribution in [3.05, 3.63) is 46.2 Å². The predicted molar refractivity (Wildman–Crippen MR) is 119 cm³/mol. The van der Waals surface area contributed by atoms with Crippen LogP contribution in [0.4, 0.5) is 0 Å². The van der Waals surface area contributed by atoms with Crippen molar-refractivity contribution in [3.63, 3.8) is 0 Å². The van der Waals surface area contributed by atoms with Crippen LogP contribution in [0.5, 0.6) is 0 Å². The zero-order valence-corrected chi connectivity index (χ0v) is 19.4. The second kappa shape index (κ2) is 7.97. The van der Waals surface area contributed by atoms with Gasteiger partial charge in [-0.2, -0.15) is 9.78 Å². The normalized spacial score (nSPS) is 11.5. The molecule has 0 aliphatic carbocycles. The van der Waals surface area contributed by atoms with Crippen LogP contribution in [0, 0.1) is 6.92 Å². The van der Waals surface area contributed by atoms with Crippen molar-refractivity contribution in [2.45, 2.75) is 30.2 Å². The van der Waals surface area contributed by atoms with Crippen molar-refractivity contribution in [2.24, 2.45) is 0 Å². The van der Waals surface area contributed by atoms with Crippen LogP contribution in [0.25, 0.3) is 27.6 Å². The molecule has 9 heteroatoms. The number of hydrogen-bond acceptors (Lipinski definition) is 7. The Morgan fingerprint density at radius 3 is 2.79 bits per heavy atom. The van der Waals surface area contributed by atoms with Crippen LogP contribution in [0.15, 0.2) is 43.4 Å². The summed E-state index contributed by atoms with van der Waals surface area (Å²) < 4.78 is 14.1. The number of esters is 1. The first kappa shape index (κ1) is 20.2. The summed E-state index contributed by atoms with van der Waals surface area (Å²) in [7, 11) is 1.35. The van der Waals surface area contributed by atoms with Gasteiger partial charge in [0.1, 0.15) is 11.3 Å². The summed E-state index contributed by atoms with van der Waals surface area (Å²) in [6, 6.07) is 9.85.